The Hall–Kier alpha value is -2.28. The second kappa shape index (κ2) is 7.32. The van der Waals surface area contributed by atoms with Crippen molar-refractivity contribution in [1.82, 2.24) is 14.8 Å². The van der Waals surface area contributed by atoms with Gasteiger partial charge >= 0.3 is 0 Å². The predicted octanol–water partition coefficient (Wildman–Crippen LogP) is 2.90. The molecule has 0 amide bonds. The fourth-order valence-corrected chi connectivity index (χ4v) is 3.16. The van der Waals surface area contributed by atoms with Crippen molar-refractivity contribution in [2.75, 3.05) is 6.61 Å². The fourth-order valence-electron chi connectivity index (χ4n) is 1.99. The molecule has 1 atom stereocenters. The lowest BCUT2D eigenvalue weighted by molar-refractivity contribution is 0.168. The summed E-state index contributed by atoms with van der Waals surface area (Å²) in [5, 5.41) is 9.05. The Labute approximate surface area is 136 Å². The molecule has 1 unspecified atom stereocenters. The third-order valence-electron chi connectivity index (χ3n) is 3.30. The Morgan fingerprint density at radius 2 is 2.09 bits per heavy atom. The highest BCUT2D eigenvalue weighted by Crippen LogP contribution is 2.16. The first-order valence-corrected chi connectivity index (χ1v) is 10.8. The van der Waals surface area contributed by atoms with Crippen LogP contribution in [-0.2, 0) is 4.84 Å². The summed E-state index contributed by atoms with van der Waals surface area (Å²) in [6.07, 6.45) is 2.57. The van der Waals surface area contributed by atoms with Crippen molar-refractivity contribution < 1.29 is 9.23 Å². The van der Waals surface area contributed by atoms with Crippen LogP contribution in [0.3, 0.4) is 0 Å². The number of oxime groups is 1. The van der Waals surface area contributed by atoms with E-state index in [4.69, 9.17) is 4.84 Å². The second-order valence-corrected chi connectivity index (χ2v) is 11.2. The molecule has 0 bridgehead atoms. The summed E-state index contributed by atoms with van der Waals surface area (Å²) in [5.74, 6) is 0. The van der Waals surface area contributed by atoms with Crippen LogP contribution in [0.25, 0.3) is 0 Å². The van der Waals surface area contributed by atoms with E-state index >= 15 is 0 Å². The minimum atomic E-state index is -1.57. The Morgan fingerprint density at radius 3 is 2.61 bits per heavy atom. The van der Waals surface area contributed by atoms with E-state index < -0.39 is 14.4 Å². The maximum atomic E-state index is 14.7. The van der Waals surface area contributed by atoms with Crippen LogP contribution in [0.5, 0.6) is 0 Å². The van der Waals surface area contributed by atoms with Gasteiger partial charge in [0.05, 0.1) is 8.07 Å². The van der Waals surface area contributed by atoms with Crippen molar-refractivity contribution in [3.05, 3.63) is 55.1 Å². The second-order valence-electron chi connectivity index (χ2n) is 6.10. The number of aromatic nitrogens is 3. The molecule has 2 aromatic rings. The van der Waals surface area contributed by atoms with Gasteiger partial charge in [-0.15, -0.1) is 0 Å². The zero-order valence-electron chi connectivity index (χ0n) is 13.6. The number of hydrogen-bond donors (Lipinski definition) is 0. The Morgan fingerprint density at radius 1 is 1.39 bits per heavy atom. The summed E-state index contributed by atoms with van der Waals surface area (Å²) < 4.78 is 15.8. The SMILES string of the molecule is C=CCON=C(c1ccc([Si](C)(C)C)cc1)C(F)n1cncn1. The lowest BCUT2D eigenvalue weighted by atomic mass is 10.1. The van der Waals surface area contributed by atoms with E-state index in [1.807, 2.05) is 24.3 Å². The average Bonchev–Trinajstić information content (AvgIpc) is 3.05. The highest BCUT2D eigenvalue weighted by Gasteiger charge is 2.22. The highest BCUT2D eigenvalue weighted by atomic mass is 28.3. The summed E-state index contributed by atoms with van der Waals surface area (Å²) >= 11 is 0. The molecule has 0 aliphatic carbocycles. The van der Waals surface area contributed by atoms with E-state index in [9.17, 15) is 4.39 Å². The zero-order chi connectivity index (χ0) is 16.9. The van der Waals surface area contributed by atoms with Gasteiger partial charge in [0.2, 0.25) is 6.30 Å². The standard InChI is InChI=1S/C16H21FN4OSi/c1-5-10-22-20-15(16(17)21-12-18-11-19-21)13-6-8-14(9-7-13)23(2,3)4/h5-9,11-12,16H,1,10H2,2-4H3. The van der Waals surface area contributed by atoms with Gasteiger partial charge < -0.3 is 4.84 Å². The van der Waals surface area contributed by atoms with Crippen LogP contribution < -0.4 is 5.19 Å². The molecule has 1 heterocycles. The molecule has 2 rings (SSSR count). The van der Waals surface area contributed by atoms with Crippen LogP contribution in [-0.4, -0.2) is 35.2 Å². The molecule has 0 aliphatic rings. The summed E-state index contributed by atoms with van der Waals surface area (Å²) in [4.78, 5) is 8.86. The van der Waals surface area contributed by atoms with E-state index in [-0.39, 0.29) is 12.3 Å². The molecule has 5 nitrogen and oxygen atoms in total. The van der Waals surface area contributed by atoms with E-state index in [1.165, 1.54) is 17.8 Å². The number of rotatable bonds is 7. The van der Waals surface area contributed by atoms with E-state index in [0.717, 1.165) is 4.68 Å². The van der Waals surface area contributed by atoms with Crippen molar-refractivity contribution >= 4 is 19.0 Å². The number of nitrogens with zero attached hydrogens (tertiary/aromatic N) is 4. The first-order chi connectivity index (χ1) is 10.9. The minimum absolute atomic E-state index is 0.152. The fraction of sp³-hybridized carbons (Fsp3) is 0.312. The van der Waals surface area contributed by atoms with Crippen molar-refractivity contribution in [3.8, 4) is 0 Å². The largest absolute Gasteiger partial charge is 0.391 e. The van der Waals surface area contributed by atoms with Crippen molar-refractivity contribution in [2.24, 2.45) is 5.16 Å². The Kier molecular flexibility index (Phi) is 5.44. The van der Waals surface area contributed by atoms with Crippen molar-refractivity contribution in [1.29, 1.82) is 0 Å². The van der Waals surface area contributed by atoms with E-state index in [2.05, 4.69) is 41.5 Å². The summed E-state index contributed by atoms with van der Waals surface area (Å²) in [7, 11) is -1.41. The first-order valence-electron chi connectivity index (χ1n) is 7.33. The zero-order valence-corrected chi connectivity index (χ0v) is 14.6. The van der Waals surface area contributed by atoms with Crippen LogP contribution >= 0.6 is 0 Å². The smallest absolute Gasteiger partial charge is 0.239 e. The summed E-state index contributed by atoms with van der Waals surface area (Å²) in [5.41, 5.74) is 0.804. The third-order valence-corrected chi connectivity index (χ3v) is 5.36. The molecule has 1 aromatic carbocycles. The lowest BCUT2D eigenvalue weighted by Crippen LogP contribution is -2.37. The van der Waals surface area contributed by atoms with Crippen molar-refractivity contribution in [3.63, 3.8) is 0 Å². The van der Waals surface area contributed by atoms with E-state index in [0.29, 0.717) is 5.56 Å². The molecule has 0 saturated carbocycles. The van der Waals surface area contributed by atoms with Gasteiger partial charge in [-0.3, -0.25) is 0 Å². The lowest BCUT2D eigenvalue weighted by Gasteiger charge is -2.17. The number of hydrogen-bond acceptors (Lipinski definition) is 4. The predicted molar refractivity (Wildman–Crippen MR) is 92.3 cm³/mol. The van der Waals surface area contributed by atoms with Gasteiger partial charge in [-0.2, -0.15) is 5.10 Å². The molecule has 1 aromatic heterocycles. The van der Waals surface area contributed by atoms with Gasteiger partial charge in [-0.05, 0) is 0 Å². The number of halogens is 1. The highest BCUT2D eigenvalue weighted by molar-refractivity contribution is 6.88. The molecular formula is C16H21FN4OSi. The molecule has 0 radical (unpaired) electrons. The molecule has 0 spiro atoms. The third kappa shape index (κ3) is 4.35. The van der Waals surface area contributed by atoms with Crippen LogP contribution in [0.15, 0.2) is 54.7 Å². The molecule has 0 saturated heterocycles. The van der Waals surface area contributed by atoms with Gasteiger partial charge in [-0.1, -0.05) is 66.9 Å². The molecule has 0 aliphatic heterocycles. The van der Waals surface area contributed by atoms with Crippen LogP contribution in [0.4, 0.5) is 4.39 Å². The maximum Gasteiger partial charge on any atom is 0.239 e. The van der Waals surface area contributed by atoms with Gasteiger partial charge in [0.15, 0.2) is 0 Å². The van der Waals surface area contributed by atoms with Gasteiger partial charge in [-0.25, -0.2) is 14.1 Å². The quantitative estimate of drug-likeness (QED) is 0.258. The molecular weight excluding hydrogens is 311 g/mol. The first kappa shape index (κ1) is 17.1. The van der Waals surface area contributed by atoms with Crippen LogP contribution in [0, 0.1) is 0 Å². The Bertz CT molecular complexity index is 662. The molecule has 0 N–H and O–H groups in total. The molecule has 7 heteroatoms. The van der Waals surface area contributed by atoms with Crippen LogP contribution in [0.1, 0.15) is 11.9 Å². The Balaban J connectivity index is 2.33. The number of alkyl halides is 1. The van der Waals surface area contributed by atoms with Crippen LogP contribution in [0.2, 0.25) is 19.6 Å². The molecule has 122 valence electrons. The molecule has 0 fully saturated rings. The van der Waals surface area contributed by atoms with Crippen molar-refractivity contribution in [2.45, 2.75) is 25.9 Å². The normalized spacial score (nSPS) is 13.7. The summed E-state index contributed by atoms with van der Waals surface area (Å²) in [6.45, 7) is 10.5. The molecule has 23 heavy (non-hydrogen) atoms. The average molecular weight is 332 g/mol. The minimum Gasteiger partial charge on any atom is -0.391 e. The monoisotopic (exact) mass is 332 g/mol. The topological polar surface area (TPSA) is 52.3 Å². The van der Waals surface area contributed by atoms with Gasteiger partial charge in [0, 0.05) is 5.56 Å². The van der Waals surface area contributed by atoms with Gasteiger partial charge in [0.1, 0.15) is 25.0 Å². The van der Waals surface area contributed by atoms with Gasteiger partial charge in [0.25, 0.3) is 0 Å². The maximum absolute atomic E-state index is 14.7. The summed E-state index contributed by atoms with van der Waals surface area (Å²) in [6, 6.07) is 7.79. The van der Waals surface area contributed by atoms with E-state index in [1.54, 1.807) is 6.08 Å². The number of benzene rings is 1.